The molecule has 0 aliphatic rings. The van der Waals surface area contributed by atoms with Crippen molar-refractivity contribution in [3.8, 4) is 0 Å². The van der Waals surface area contributed by atoms with E-state index in [-0.39, 0.29) is 0 Å². The van der Waals surface area contributed by atoms with E-state index in [0.29, 0.717) is 6.54 Å². The number of aliphatic imine (C=N–C) groups is 1. The molecular weight excluding hydrogens is 146 g/mol. The monoisotopic (exact) mass is 153 g/mol. The third kappa shape index (κ3) is 1.79. The summed E-state index contributed by atoms with van der Waals surface area (Å²) in [5.74, 6) is 0. The molecule has 1 aromatic rings. The normalized spacial score (nSPS) is 8.90. The number of rotatable bonds is 2. The summed E-state index contributed by atoms with van der Waals surface area (Å²) >= 11 is 1.62. The summed E-state index contributed by atoms with van der Waals surface area (Å²) in [4.78, 5) is 14.3. The summed E-state index contributed by atoms with van der Waals surface area (Å²) in [6.45, 7) is 2.49. The lowest BCUT2D eigenvalue weighted by molar-refractivity contribution is 0.563. The molecule has 1 aromatic heterocycles. The molecule has 0 N–H and O–H groups in total. The lowest BCUT2D eigenvalue weighted by Gasteiger charge is -1.81. The average Bonchev–Trinajstić information content (AvgIpc) is 2.31. The van der Waals surface area contributed by atoms with Gasteiger partial charge in [0, 0.05) is 4.88 Å². The van der Waals surface area contributed by atoms with Crippen molar-refractivity contribution < 1.29 is 4.79 Å². The molecule has 0 fully saturated rings. The molecule has 0 unspecified atom stereocenters. The smallest absolute Gasteiger partial charge is 0.211 e. The Bertz CT molecular complexity index is 260. The van der Waals surface area contributed by atoms with Crippen LogP contribution in [0.25, 0.3) is 0 Å². The summed E-state index contributed by atoms with van der Waals surface area (Å²) in [7, 11) is 0. The third-order valence-electron chi connectivity index (χ3n) is 1.08. The topological polar surface area (TPSA) is 29.4 Å². The van der Waals surface area contributed by atoms with E-state index in [1.165, 1.54) is 11.6 Å². The van der Waals surface area contributed by atoms with Crippen LogP contribution < -0.4 is 0 Å². The van der Waals surface area contributed by atoms with Crippen molar-refractivity contribution >= 4 is 17.4 Å². The van der Waals surface area contributed by atoms with E-state index < -0.39 is 0 Å². The number of hydrogen-bond acceptors (Lipinski definition) is 3. The molecule has 0 amide bonds. The Morgan fingerprint density at radius 3 is 3.10 bits per heavy atom. The van der Waals surface area contributed by atoms with Crippen LogP contribution in [0.4, 0.5) is 0 Å². The van der Waals surface area contributed by atoms with Gasteiger partial charge in [-0.25, -0.2) is 9.79 Å². The van der Waals surface area contributed by atoms with Crippen LogP contribution in [0.5, 0.6) is 0 Å². The van der Waals surface area contributed by atoms with E-state index in [0.717, 1.165) is 4.88 Å². The predicted octanol–water partition coefficient (Wildman–Crippen LogP) is 1.89. The highest BCUT2D eigenvalue weighted by Gasteiger charge is 1.92. The van der Waals surface area contributed by atoms with Gasteiger partial charge in [0.1, 0.15) is 0 Å². The van der Waals surface area contributed by atoms with E-state index in [9.17, 15) is 4.79 Å². The van der Waals surface area contributed by atoms with E-state index in [1.54, 1.807) is 11.3 Å². The summed E-state index contributed by atoms with van der Waals surface area (Å²) in [5, 5.41) is 2.04. The summed E-state index contributed by atoms with van der Waals surface area (Å²) < 4.78 is 0. The molecule has 52 valence electrons. The fourth-order valence-electron chi connectivity index (χ4n) is 0.684. The maximum atomic E-state index is 9.70. The molecule has 0 aliphatic carbocycles. The molecule has 0 aliphatic heterocycles. The first-order valence-corrected chi connectivity index (χ1v) is 3.78. The van der Waals surface area contributed by atoms with Gasteiger partial charge in [-0.05, 0) is 23.9 Å². The highest BCUT2D eigenvalue weighted by molar-refractivity contribution is 7.10. The number of hydrogen-bond donors (Lipinski definition) is 0. The Kier molecular flexibility index (Phi) is 2.37. The Balaban J connectivity index is 2.66. The van der Waals surface area contributed by atoms with Crippen molar-refractivity contribution in [1.29, 1.82) is 0 Å². The largest absolute Gasteiger partial charge is 0.235 e. The van der Waals surface area contributed by atoms with Crippen LogP contribution in [0, 0.1) is 6.92 Å². The summed E-state index contributed by atoms with van der Waals surface area (Å²) in [6.07, 6.45) is 1.51. The number of nitrogens with zero attached hydrogens (tertiary/aromatic N) is 1. The highest BCUT2D eigenvalue weighted by atomic mass is 32.1. The molecule has 0 atom stereocenters. The van der Waals surface area contributed by atoms with Gasteiger partial charge >= 0.3 is 0 Å². The second-order valence-electron chi connectivity index (χ2n) is 2.00. The first-order chi connectivity index (χ1) is 4.83. The molecule has 1 rings (SSSR count). The van der Waals surface area contributed by atoms with Crippen molar-refractivity contribution in [1.82, 2.24) is 0 Å². The zero-order chi connectivity index (χ0) is 7.40. The quantitative estimate of drug-likeness (QED) is 0.471. The molecule has 0 saturated heterocycles. The Labute approximate surface area is 63.2 Å². The Morgan fingerprint density at radius 2 is 2.60 bits per heavy atom. The Morgan fingerprint density at radius 1 is 1.80 bits per heavy atom. The van der Waals surface area contributed by atoms with Gasteiger partial charge in [-0.2, -0.15) is 0 Å². The number of thiophene rings is 1. The number of isocyanates is 1. The van der Waals surface area contributed by atoms with Crippen molar-refractivity contribution in [2.45, 2.75) is 13.5 Å². The molecule has 1 heterocycles. The first-order valence-electron chi connectivity index (χ1n) is 2.90. The molecule has 0 bridgehead atoms. The summed E-state index contributed by atoms with van der Waals surface area (Å²) in [6, 6.07) is 2.02. The number of carbonyl (C=O) groups excluding carboxylic acids is 1. The molecule has 2 nitrogen and oxygen atoms in total. The second kappa shape index (κ2) is 3.30. The third-order valence-corrected chi connectivity index (χ3v) is 2.12. The van der Waals surface area contributed by atoms with Crippen LogP contribution in [0.2, 0.25) is 0 Å². The van der Waals surface area contributed by atoms with Crippen molar-refractivity contribution in [2.24, 2.45) is 4.99 Å². The molecule has 0 saturated carbocycles. The van der Waals surface area contributed by atoms with Crippen molar-refractivity contribution in [3.05, 3.63) is 21.9 Å². The first kappa shape index (κ1) is 7.19. The van der Waals surface area contributed by atoms with Gasteiger partial charge in [0.2, 0.25) is 6.08 Å². The van der Waals surface area contributed by atoms with Crippen LogP contribution in [0.1, 0.15) is 10.4 Å². The standard InChI is InChI=1S/C7H7NOS/c1-6-2-7(10-4-6)3-8-5-9/h2,4H,3H2,1H3. The Hall–Kier alpha value is -0.920. The van der Waals surface area contributed by atoms with Gasteiger partial charge in [-0.1, -0.05) is 0 Å². The maximum absolute atomic E-state index is 9.70. The zero-order valence-corrected chi connectivity index (χ0v) is 6.44. The van der Waals surface area contributed by atoms with Gasteiger partial charge in [0.05, 0.1) is 6.54 Å². The van der Waals surface area contributed by atoms with Crippen LogP contribution in [-0.2, 0) is 11.3 Å². The lowest BCUT2D eigenvalue weighted by Crippen LogP contribution is -1.70. The minimum Gasteiger partial charge on any atom is -0.211 e. The number of aryl methyl sites for hydroxylation is 1. The van der Waals surface area contributed by atoms with Gasteiger partial charge in [0.15, 0.2) is 0 Å². The van der Waals surface area contributed by atoms with Crippen LogP contribution in [0.3, 0.4) is 0 Å². The average molecular weight is 153 g/mol. The van der Waals surface area contributed by atoms with Crippen molar-refractivity contribution in [2.75, 3.05) is 0 Å². The lowest BCUT2D eigenvalue weighted by atomic mass is 10.3. The van der Waals surface area contributed by atoms with Crippen molar-refractivity contribution in [3.63, 3.8) is 0 Å². The van der Waals surface area contributed by atoms with E-state index in [4.69, 9.17) is 0 Å². The van der Waals surface area contributed by atoms with E-state index in [2.05, 4.69) is 4.99 Å². The molecule has 0 aromatic carbocycles. The molecule has 10 heavy (non-hydrogen) atoms. The van der Waals surface area contributed by atoms with Gasteiger partial charge in [-0.3, -0.25) is 0 Å². The maximum Gasteiger partial charge on any atom is 0.235 e. The van der Waals surface area contributed by atoms with Crippen LogP contribution in [0.15, 0.2) is 16.4 Å². The molecule has 0 spiro atoms. The molecule has 0 radical (unpaired) electrons. The minimum atomic E-state index is 0.474. The molecular formula is C7H7NOS. The summed E-state index contributed by atoms with van der Waals surface area (Å²) in [5.41, 5.74) is 1.22. The van der Waals surface area contributed by atoms with E-state index in [1.807, 2.05) is 18.4 Å². The van der Waals surface area contributed by atoms with E-state index >= 15 is 0 Å². The van der Waals surface area contributed by atoms with Crippen LogP contribution >= 0.6 is 11.3 Å². The fourth-order valence-corrected chi connectivity index (χ4v) is 1.48. The fraction of sp³-hybridized carbons (Fsp3) is 0.286. The van der Waals surface area contributed by atoms with Gasteiger partial charge in [-0.15, -0.1) is 11.3 Å². The SMILES string of the molecule is Cc1csc(CN=C=O)c1. The second-order valence-corrected chi connectivity index (χ2v) is 2.99. The predicted molar refractivity (Wildman–Crippen MR) is 40.9 cm³/mol. The zero-order valence-electron chi connectivity index (χ0n) is 5.63. The van der Waals surface area contributed by atoms with Gasteiger partial charge in [0.25, 0.3) is 0 Å². The van der Waals surface area contributed by atoms with Crippen LogP contribution in [-0.4, -0.2) is 6.08 Å². The minimum absolute atomic E-state index is 0.474. The molecule has 3 heteroatoms. The van der Waals surface area contributed by atoms with Gasteiger partial charge < -0.3 is 0 Å². The highest BCUT2D eigenvalue weighted by Crippen LogP contribution is 2.13.